The molecule has 1 heterocycles. The van der Waals surface area contributed by atoms with Crippen LogP contribution in [0.3, 0.4) is 0 Å². The van der Waals surface area contributed by atoms with Crippen molar-refractivity contribution in [2.45, 2.75) is 44.6 Å². The Morgan fingerprint density at radius 1 is 1.39 bits per heavy atom. The van der Waals surface area contributed by atoms with Crippen molar-refractivity contribution in [1.29, 1.82) is 0 Å². The number of nitrogens with zero attached hydrogens (tertiary/aromatic N) is 1. The number of aryl methyl sites for hydroxylation is 1. The smallest absolute Gasteiger partial charge is 0.329 e. The van der Waals surface area contributed by atoms with Crippen molar-refractivity contribution in [3.8, 4) is 0 Å². The maximum atomic E-state index is 12.0. The van der Waals surface area contributed by atoms with Crippen LogP contribution in [0, 0.1) is 6.92 Å². The number of hydrogen-bond acceptors (Lipinski definition) is 3. The molecule has 1 fully saturated rings. The van der Waals surface area contributed by atoms with Crippen molar-refractivity contribution in [2.24, 2.45) is 0 Å². The Bertz CT molecular complexity index is 461. The van der Waals surface area contributed by atoms with Gasteiger partial charge in [-0.05, 0) is 25.8 Å². The Morgan fingerprint density at radius 3 is 2.56 bits per heavy atom. The minimum atomic E-state index is -1.12. The number of carboxylic acid groups (broad SMARTS) is 1. The van der Waals surface area contributed by atoms with Crippen LogP contribution in [0.25, 0.3) is 0 Å². The third kappa shape index (κ3) is 2.37. The summed E-state index contributed by atoms with van der Waals surface area (Å²) in [5, 5.41) is 18.5. The highest BCUT2D eigenvalue weighted by atomic mass is 16.4. The number of aliphatic carboxylic acids is 1. The summed E-state index contributed by atoms with van der Waals surface area (Å²) in [6, 6.07) is 1.60. The van der Waals surface area contributed by atoms with E-state index < -0.39 is 17.4 Å². The number of carbonyl (C=O) groups excluding carboxylic acids is 1. The van der Waals surface area contributed by atoms with Crippen molar-refractivity contribution in [3.63, 3.8) is 0 Å². The first-order valence-electron chi connectivity index (χ1n) is 6.11. The molecule has 0 atom stereocenters. The van der Waals surface area contributed by atoms with Gasteiger partial charge in [-0.2, -0.15) is 5.10 Å². The molecule has 18 heavy (non-hydrogen) atoms. The summed E-state index contributed by atoms with van der Waals surface area (Å²) in [5.41, 5.74) is -0.116. The van der Waals surface area contributed by atoms with Gasteiger partial charge in [0.05, 0.1) is 0 Å². The lowest BCUT2D eigenvalue weighted by molar-refractivity contribution is -0.145. The van der Waals surface area contributed by atoms with Gasteiger partial charge in [0, 0.05) is 5.69 Å². The van der Waals surface area contributed by atoms with Crippen LogP contribution in [0.15, 0.2) is 6.07 Å². The lowest BCUT2D eigenvalue weighted by atomic mass is 9.81. The van der Waals surface area contributed by atoms with Crippen molar-refractivity contribution >= 4 is 11.9 Å². The maximum absolute atomic E-state index is 12.0. The average Bonchev–Trinajstić information content (AvgIpc) is 2.77. The molecule has 0 bridgehead atoms. The van der Waals surface area contributed by atoms with Gasteiger partial charge >= 0.3 is 5.97 Å². The van der Waals surface area contributed by atoms with Gasteiger partial charge in [-0.25, -0.2) is 4.79 Å². The highest BCUT2D eigenvalue weighted by Gasteiger charge is 2.41. The molecule has 1 aliphatic rings. The van der Waals surface area contributed by atoms with E-state index in [2.05, 4.69) is 15.5 Å². The number of carboxylic acids is 1. The molecule has 0 radical (unpaired) electrons. The summed E-state index contributed by atoms with van der Waals surface area (Å²) < 4.78 is 0. The summed E-state index contributed by atoms with van der Waals surface area (Å²) in [6.07, 6.45) is 3.64. The Balaban J connectivity index is 2.14. The van der Waals surface area contributed by atoms with Crippen LogP contribution in [-0.2, 0) is 4.79 Å². The summed E-state index contributed by atoms with van der Waals surface area (Å²) in [7, 11) is 0. The molecule has 1 saturated carbocycles. The Labute approximate surface area is 105 Å². The normalized spacial score (nSPS) is 18.3. The molecular formula is C12H17N3O3. The summed E-state index contributed by atoms with van der Waals surface area (Å²) in [5.74, 6) is -1.38. The topological polar surface area (TPSA) is 95.1 Å². The second-order valence-corrected chi connectivity index (χ2v) is 4.84. The first kappa shape index (κ1) is 12.6. The number of H-pyrrole nitrogens is 1. The molecule has 1 amide bonds. The van der Waals surface area contributed by atoms with Gasteiger partial charge in [0.1, 0.15) is 11.2 Å². The molecule has 1 aromatic rings. The van der Waals surface area contributed by atoms with Crippen molar-refractivity contribution in [3.05, 3.63) is 17.5 Å². The van der Waals surface area contributed by atoms with Crippen LogP contribution in [0.1, 0.15) is 48.3 Å². The highest BCUT2D eigenvalue weighted by molar-refractivity contribution is 5.96. The molecule has 0 saturated heterocycles. The second-order valence-electron chi connectivity index (χ2n) is 4.84. The van der Waals surface area contributed by atoms with Gasteiger partial charge in [-0.15, -0.1) is 0 Å². The monoisotopic (exact) mass is 251 g/mol. The van der Waals surface area contributed by atoms with Crippen LogP contribution in [0.2, 0.25) is 0 Å². The van der Waals surface area contributed by atoms with Gasteiger partial charge in [0.2, 0.25) is 0 Å². The lowest BCUT2D eigenvalue weighted by Crippen LogP contribution is -2.55. The fraction of sp³-hybridized carbons (Fsp3) is 0.583. The summed E-state index contributed by atoms with van der Waals surface area (Å²) in [6.45, 7) is 1.79. The predicted octanol–water partition coefficient (Wildman–Crippen LogP) is 1.24. The van der Waals surface area contributed by atoms with E-state index in [1.54, 1.807) is 13.0 Å². The molecule has 0 spiro atoms. The average molecular weight is 251 g/mol. The van der Waals surface area contributed by atoms with Crippen LogP contribution >= 0.6 is 0 Å². The van der Waals surface area contributed by atoms with Crippen LogP contribution < -0.4 is 5.32 Å². The number of nitrogens with one attached hydrogen (secondary N) is 2. The molecular weight excluding hydrogens is 234 g/mol. The van der Waals surface area contributed by atoms with E-state index in [4.69, 9.17) is 0 Å². The fourth-order valence-electron chi connectivity index (χ4n) is 2.36. The van der Waals surface area contributed by atoms with Crippen molar-refractivity contribution < 1.29 is 14.7 Å². The zero-order valence-corrected chi connectivity index (χ0v) is 10.3. The standard InChI is InChI=1S/C12H17N3O3/c1-8-7-9(15-14-8)10(16)13-12(11(17)18)5-3-2-4-6-12/h7H,2-6H2,1H3,(H,13,16)(H,14,15)(H,17,18). The zero-order chi connectivity index (χ0) is 13.2. The van der Waals surface area contributed by atoms with Crippen LogP contribution in [0.4, 0.5) is 0 Å². The first-order valence-corrected chi connectivity index (χ1v) is 6.11. The lowest BCUT2D eigenvalue weighted by Gasteiger charge is -2.33. The Hall–Kier alpha value is -1.85. The molecule has 1 aliphatic carbocycles. The number of rotatable bonds is 3. The van der Waals surface area contributed by atoms with Crippen LogP contribution in [-0.4, -0.2) is 32.7 Å². The highest BCUT2D eigenvalue weighted by Crippen LogP contribution is 2.28. The van der Waals surface area contributed by atoms with E-state index in [1.807, 2.05) is 0 Å². The fourth-order valence-corrected chi connectivity index (χ4v) is 2.36. The van der Waals surface area contributed by atoms with Gasteiger partial charge in [-0.1, -0.05) is 19.3 Å². The summed E-state index contributed by atoms with van der Waals surface area (Å²) in [4.78, 5) is 23.4. The zero-order valence-electron chi connectivity index (χ0n) is 10.3. The number of hydrogen-bond donors (Lipinski definition) is 3. The molecule has 1 aromatic heterocycles. The molecule has 6 heteroatoms. The molecule has 0 unspecified atom stereocenters. The minimum absolute atomic E-state index is 0.235. The second kappa shape index (κ2) is 4.80. The van der Waals surface area contributed by atoms with Crippen molar-refractivity contribution in [2.75, 3.05) is 0 Å². The van der Waals surface area contributed by atoms with E-state index >= 15 is 0 Å². The van der Waals surface area contributed by atoms with Gasteiger partial charge < -0.3 is 10.4 Å². The predicted molar refractivity (Wildman–Crippen MR) is 64.2 cm³/mol. The largest absolute Gasteiger partial charge is 0.480 e. The molecule has 6 nitrogen and oxygen atoms in total. The van der Waals surface area contributed by atoms with E-state index in [1.165, 1.54) is 0 Å². The number of aromatic nitrogens is 2. The number of amides is 1. The molecule has 98 valence electrons. The van der Waals surface area contributed by atoms with Gasteiger partial charge in [-0.3, -0.25) is 9.89 Å². The third-order valence-corrected chi connectivity index (χ3v) is 3.41. The molecule has 0 aliphatic heterocycles. The van der Waals surface area contributed by atoms with Gasteiger partial charge in [0.25, 0.3) is 5.91 Å². The quantitative estimate of drug-likeness (QED) is 0.753. The van der Waals surface area contributed by atoms with E-state index in [0.29, 0.717) is 12.8 Å². The number of carbonyl (C=O) groups is 2. The third-order valence-electron chi connectivity index (χ3n) is 3.41. The van der Waals surface area contributed by atoms with E-state index in [9.17, 15) is 14.7 Å². The Kier molecular flexibility index (Phi) is 3.36. The minimum Gasteiger partial charge on any atom is -0.480 e. The van der Waals surface area contributed by atoms with E-state index in [0.717, 1.165) is 25.0 Å². The molecule has 3 N–H and O–H groups in total. The maximum Gasteiger partial charge on any atom is 0.329 e. The number of aromatic amines is 1. The Morgan fingerprint density at radius 2 is 2.06 bits per heavy atom. The van der Waals surface area contributed by atoms with E-state index in [-0.39, 0.29) is 5.69 Å². The molecule has 2 rings (SSSR count). The first-order chi connectivity index (χ1) is 8.53. The summed E-state index contributed by atoms with van der Waals surface area (Å²) >= 11 is 0. The van der Waals surface area contributed by atoms with Crippen LogP contribution in [0.5, 0.6) is 0 Å². The SMILES string of the molecule is Cc1cc(C(=O)NC2(C(=O)O)CCCCC2)n[nH]1. The molecule has 0 aromatic carbocycles. The van der Waals surface area contributed by atoms with Crippen molar-refractivity contribution in [1.82, 2.24) is 15.5 Å². The van der Waals surface area contributed by atoms with Gasteiger partial charge in [0.15, 0.2) is 0 Å².